The van der Waals surface area contributed by atoms with Crippen molar-refractivity contribution in [2.45, 2.75) is 0 Å². The number of ether oxygens (including phenoxy) is 1. The number of anilines is 1. The Labute approximate surface area is 95.8 Å². The smallest absolute Gasteiger partial charge is 0.121 e. The van der Waals surface area contributed by atoms with Crippen molar-refractivity contribution in [3.8, 4) is 11.4 Å². The molecule has 1 aromatic heterocycles. The fraction of sp³-hybridized carbons (Fsp3) is 0.100. The lowest BCUT2D eigenvalue weighted by molar-refractivity contribution is 0.414. The summed E-state index contributed by atoms with van der Waals surface area (Å²) >= 11 is 3.33. The molecule has 2 rings (SSSR count). The van der Waals surface area contributed by atoms with E-state index < -0.39 is 0 Å². The summed E-state index contributed by atoms with van der Waals surface area (Å²) < 4.78 is 7.73. The second-order valence-corrected chi connectivity index (χ2v) is 3.94. The molecule has 2 N–H and O–H groups in total. The van der Waals surface area contributed by atoms with E-state index in [4.69, 9.17) is 10.5 Å². The standard InChI is InChI=1S/C10H10BrN3O/c1-15-8-2-3-9(12)10(4-8)14-6-7(11)5-13-14/h2-6H,12H2,1H3. The van der Waals surface area contributed by atoms with Crippen LogP contribution in [0.5, 0.6) is 5.75 Å². The molecule has 15 heavy (non-hydrogen) atoms. The third-order valence-corrected chi connectivity index (χ3v) is 2.45. The van der Waals surface area contributed by atoms with Crippen LogP contribution in [0.2, 0.25) is 0 Å². The van der Waals surface area contributed by atoms with Crippen molar-refractivity contribution in [2.24, 2.45) is 0 Å². The highest BCUT2D eigenvalue weighted by molar-refractivity contribution is 9.10. The molecule has 0 aliphatic carbocycles. The minimum atomic E-state index is 0.659. The summed E-state index contributed by atoms with van der Waals surface area (Å²) in [6, 6.07) is 5.45. The minimum absolute atomic E-state index is 0.659. The molecule has 1 aromatic carbocycles. The summed E-state index contributed by atoms with van der Waals surface area (Å²) in [5, 5.41) is 4.16. The lowest BCUT2D eigenvalue weighted by atomic mass is 10.2. The molecule has 0 saturated carbocycles. The van der Waals surface area contributed by atoms with Crippen LogP contribution in [-0.2, 0) is 0 Å². The largest absolute Gasteiger partial charge is 0.497 e. The van der Waals surface area contributed by atoms with Crippen LogP contribution in [0.4, 0.5) is 5.69 Å². The van der Waals surface area contributed by atoms with Gasteiger partial charge in [0.2, 0.25) is 0 Å². The zero-order valence-electron chi connectivity index (χ0n) is 8.14. The van der Waals surface area contributed by atoms with Gasteiger partial charge in [0, 0.05) is 12.3 Å². The van der Waals surface area contributed by atoms with Crippen molar-refractivity contribution < 1.29 is 4.74 Å². The van der Waals surface area contributed by atoms with Crippen molar-refractivity contribution in [3.63, 3.8) is 0 Å². The number of methoxy groups -OCH3 is 1. The molecule has 0 spiro atoms. The van der Waals surface area contributed by atoms with Gasteiger partial charge in [0.25, 0.3) is 0 Å². The SMILES string of the molecule is COc1ccc(N)c(-n2cc(Br)cn2)c1. The summed E-state index contributed by atoms with van der Waals surface area (Å²) in [7, 11) is 1.62. The highest BCUT2D eigenvalue weighted by Crippen LogP contribution is 2.23. The van der Waals surface area contributed by atoms with E-state index in [1.54, 1.807) is 24.1 Å². The topological polar surface area (TPSA) is 53.1 Å². The Kier molecular flexibility index (Phi) is 2.64. The summed E-state index contributed by atoms with van der Waals surface area (Å²) in [6.07, 6.45) is 3.55. The molecule has 78 valence electrons. The van der Waals surface area contributed by atoms with E-state index in [0.717, 1.165) is 15.9 Å². The van der Waals surface area contributed by atoms with Crippen molar-refractivity contribution in [1.82, 2.24) is 9.78 Å². The number of nitrogens with zero attached hydrogens (tertiary/aromatic N) is 2. The first-order chi connectivity index (χ1) is 7.20. The first-order valence-electron chi connectivity index (χ1n) is 4.35. The molecule has 1 heterocycles. The van der Waals surface area contributed by atoms with Gasteiger partial charge in [-0.2, -0.15) is 5.10 Å². The lowest BCUT2D eigenvalue weighted by Gasteiger charge is -2.07. The normalized spacial score (nSPS) is 10.3. The van der Waals surface area contributed by atoms with Crippen LogP contribution in [0.15, 0.2) is 35.1 Å². The maximum absolute atomic E-state index is 5.85. The molecule has 4 nitrogen and oxygen atoms in total. The van der Waals surface area contributed by atoms with Gasteiger partial charge in [0.05, 0.1) is 29.2 Å². The van der Waals surface area contributed by atoms with Crippen LogP contribution in [0, 0.1) is 0 Å². The van der Waals surface area contributed by atoms with Gasteiger partial charge in [-0.15, -0.1) is 0 Å². The van der Waals surface area contributed by atoms with E-state index in [9.17, 15) is 0 Å². The molecule has 5 heteroatoms. The Bertz CT molecular complexity index is 481. The number of rotatable bonds is 2. The maximum Gasteiger partial charge on any atom is 0.121 e. The van der Waals surface area contributed by atoms with Crippen molar-refractivity contribution in [1.29, 1.82) is 0 Å². The summed E-state index contributed by atoms with van der Waals surface area (Å²) in [5.74, 6) is 0.755. The van der Waals surface area contributed by atoms with Crippen molar-refractivity contribution in [3.05, 3.63) is 35.1 Å². The lowest BCUT2D eigenvalue weighted by Crippen LogP contribution is -2.00. The summed E-state index contributed by atoms with van der Waals surface area (Å²) in [4.78, 5) is 0. The first kappa shape index (κ1) is 10.0. The predicted molar refractivity (Wildman–Crippen MR) is 62.2 cm³/mol. The maximum atomic E-state index is 5.85. The van der Waals surface area contributed by atoms with Crippen LogP contribution < -0.4 is 10.5 Å². The summed E-state index contributed by atoms with van der Waals surface area (Å²) in [5.41, 5.74) is 7.32. The number of hydrogen-bond donors (Lipinski definition) is 1. The number of hydrogen-bond acceptors (Lipinski definition) is 3. The summed E-state index contributed by atoms with van der Waals surface area (Å²) in [6.45, 7) is 0. The van der Waals surface area contributed by atoms with E-state index in [2.05, 4.69) is 21.0 Å². The van der Waals surface area contributed by atoms with E-state index in [-0.39, 0.29) is 0 Å². The molecule has 0 aliphatic heterocycles. The molecule has 0 fully saturated rings. The van der Waals surface area contributed by atoms with Crippen LogP contribution in [0.25, 0.3) is 5.69 Å². The van der Waals surface area contributed by atoms with E-state index in [0.29, 0.717) is 5.69 Å². The van der Waals surface area contributed by atoms with Gasteiger partial charge < -0.3 is 10.5 Å². The number of aromatic nitrogens is 2. The molecule has 0 saturated heterocycles. The molecule has 0 atom stereocenters. The molecule has 0 aliphatic rings. The average molecular weight is 268 g/mol. The quantitative estimate of drug-likeness (QED) is 0.850. The molecular formula is C10H10BrN3O. The average Bonchev–Trinajstić information content (AvgIpc) is 2.65. The molecule has 0 bridgehead atoms. The molecule has 0 unspecified atom stereocenters. The van der Waals surface area contributed by atoms with Gasteiger partial charge in [0.15, 0.2) is 0 Å². The van der Waals surface area contributed by atoms with Crippen LogP contribution in [0.3, 0.4) is 0 Å². The molecule has 0 radical (unpaired) electrons. The minimum Gasteiger partial charge on any atom is -0.497 e. The monoisotopic (exact) mass is 267 g/mol. The van der Waals surface area contributed by atoms with E-state index in [1.165, 1.54) is 0 Å². The Morgan fingerprint density at radius 1 is 1.47 bits per heavy atom. The third-order valence-electron chi connectivity index (χ3n) is 2.04. The zero-order chi connectivity index (χ0) is 10.8. The highest BCUT2D eigenvalue weighted by Gasteiger charge is 2.05. The van der Waals surface area contributed by atoms with Gasteiger partial charge in [0.1, 0.15) is 5.75 Å². The third kappa shape index (κ3) is 1.97. The first-order valence-corrected chi connectivity index (χ1v) is 5.14. The van der Waals surface area contributed by atoms with Gasteiger partial charge in [-0.1, -0.05) is 0 Å². The van der Waals surface area contributed by atoms with Gasteiger partial charge >= 0.3 is 0 Å². The number of nitrogen functional groups attached to an aromatic ring is 1. The Morgan fingerprint density at radius 2 is 2.27 bits per heavy atom. The Morgan fingerprint density at radius 3 is 2.87 bits per heavy atom. The van der Waals surface area contributed by atoms with Crippen LogP contribution in [0.1, 0.15) is 0 Å². The second-order valence-electron chi connectivity index (χ2n) is 3.03. The van der Waals surface area contributed by atoms with E-state index in [1.807, 2.05) is 18.3 Å². The van der Waals surface area contributed by atoms with Crippen molar-refractivity contribution in [2.75, 3.05) is 12.8 Å². The molecular weight excluding hydrogens is 258 g/mol. The fourth-order valence-electron chi connectivity index (χ4n) is 1.28. The van der Waals surface area contributed by atoms with Gasteiger partial charge in [-0.25, -0.2) is 4.68 Å². The number of halogens is 1. The highest BCUT2D eigenvalue weighted by atomic mass is 79.9. The Balaban J connectivity index is 2.51. The van der Waals surface area contributed by atoms with Crippen LogP contribution in [-0.4, -0.2) is 16.9 Å². The number of benzene rings is 1. The van der Waals surface area contributed by atoms with E-state index >= 15 is 0 Å². The fourth-order valence-corrected chi connectivity index (χ4v) is 1.57. The predicted octanol–water partition coefficient (Wildman–Crippen LogP) is 2.23. The van der Waals surface area contributed by atoms with Gasteiger partial charge in [-0.05, 0) is 28.1 Å². The van der Waals surface area contributed by atoms with Crippen molar-refractivity contribution >= 4 is 21.6 Å². The second kappa shape index (κ2) is 3.94. The Hall–Kier alpha value is -1.49. The molecule has 0 amide bonds. The van der Waals surface area contributed by atoms with Gasteiger partial charge in [-0.3, -0.25) is 0 Å². The van der Waals surface area contributed by atoms with Crippen LogP contribution >= 0.6 is 15.9 Å². The number of nitrogens with two attached hydrogens (primary N) is 1. The molecule has 2 aromatic rings. The zero-order valence-corrected chi connectivity index (χ0v) is 9.73.